The highest BCUT2D eigenvalue weighted by molar-refractivity contribution is 7.98. The zero-order chi connectivity index (χ0) is 15.7. The Morgan fingerprint density at radius 2 is 1.95 bits per heavy atom. The number of nitrogens with zero attached hydrogens (tertiary/aromatic N) is 1. The van der Waals surface area contributed by atoms with Crippen molar-refractivity contribution in [2.75, 3.05) is 19.1 Å². The Morgan fingerprint density at radius 1 is 1.35 bits per heavy atom. The summed E-state index contributed by atoms with van der Waals surface area (Å²) in [5.41, 5.74) is 4.98. The van der Waals surface area contributed by atoms with Gasteiger partial charge >= 0.3 is 12.0 Å². The van der Waals surface area contributed by atoms with E-state index in [1.807, 2.05) is 13.2 Å². The third-order valence-electron chi connectivity index (χ3n) is 3.00. The second-order valence-electron chi connectivity index (χ2n) is 4.59. The molecule has 0 aromatic rings. The highest BCUT2D eigenvalue weighted by atomic mass is 32.2. The summed E-state index contributed by atoms with van der Waals surface area (Å²) in [4.78, 5) is 35.1. The zero-order valence-electron chi connectivity index (χ0n) is 12.1. The number of aliphatic carboxylic acids is 1. The number of thioether (sulfide) groups is 1. The molecule has 116 valence electrons. The van der Waals surface area contributed by atoms with Crippen molar-refractivity contribution in [1.82, 2.24) is 10.2 Å². The van der Waals surface area contributed by atoms with Crippen LogP contribution in [0.3, 0.4) is 0 Å². The van der Waals surface area contributed by atoms with Gasteiger partial charge in [0.1, 0.15) is 6.04 Å². The number of carboxylic acids is 1. The second kappa shape index (κ2) is 9.46. The van der Waals surface area contributed by atoms with Crippen molar-refractivity contribution in [2.45, 2.75) is 38.3 Å². The molecule has 0 radical (unpaired) electrons. The molecule has 3 amide bonds. The van der Waals surface area contributed by atoms with Crippen LogP contribution in [0.5, 0.6) is 0 Å². The van der Waals surface area contributed by atoms with Crippen LogP contribution in [-0.2, 0) is 9.59 Å². The zero-order valence-corrected chi connectivity index (χ0v) is 12.9. The van der Waals surface area contributed by atoms with E-state index < -0.39 is 23.9 Å². The summed E-state index contributed by atoms with van der Waals surface area (Å²) in [5, 5.41) is 11.4. The van der Waals surface area contributed by atoms with Gasteiger partial charge in [0, 0.05) is 19.5 Å². The molecule has 20 heavy (non-hydrogen) atoms. The smallest absolute Gasteiger partial charge is 0.326 e. The molecule has 1 unspecified atom stereocenters. The molecule has 0 aliphatic carbocycles. The number of amides is 3. The summed E-state index contributed by atoms with van der Waals surface area (Å²) >= 11 is 1.69. The molecule has 0 spiro atoms. The summed E-state index contributed by atoms with van der Waals surface area (Å²) in [5.74, 6) is -0.847. The van der Waals surface area contributed by atoms with E-state index in [0.717, 1.165) is 12.2 Å². The number of primary amides is 1. The Kier molecular flexibility index (Phi) is 8.78. The maximum absolute atomic E-state index is 11.9. The van der Waals surface area contributed by atoms with Crippen molar-refractivity contribution < 1.29 is 19.5 Å². The van der Waals surface area contributed by atoms with Crippen molar-refractivity contribution in [3.8, 4) is 0 Å². The van der Waals surface area contributed by atoms with Crippen LogP contribution < -0.4 is 11.1 Å². The minimum absolute atomic E-state index is 0.00744. The van der Waals surface area contributed by atoms with Crippen molar-refractivity contribution >= 4 is 29.7 Å². The van der Waals surface area contributed by atoms with Gasteiger partial charge in [-0.05, 0) is 31.8 Å². The van der Waals surface area contributed by atoms with Gasteiger partial charge in [0.05, 0.1) is 0 Å². The normalized spacial score (nSPS) is 13.3. The van der Waals surface area contributed by atoms with Crippen LogP contribution in [0.4, 0.5) is 4.79 Å². The van der Waals surface area contributed by atoms with Crippen LogP contribution in [0.2, 0.25) is 0 Å². The predicted molar refractivity (Wildman–Crippen MR) is 78.6 cm³/mol. The van der Waals surface area contributed by atoms with Gasteiger partial charge in [-0.1, -0.05) is 0 Å². The van der Waals surface area contributed by atoms with Crippen molar-refractivity contribution in [2.24, 2.45) is 5.73 Å². The lowest BCUT2D eigenvalue weighted by Gasteiger charge is -2.26. The molecule has 4 N–H and O–H groups in total. The molecule has 0 aliphatic rings. The molecule has 2 atom stereocenters. The molecular weight excluding hydrogens is 282 g/mol. The largest absolute Gasteiger partial charge is 0.480 e. The molecule has 0 saturated carbocycles. The molecule has 7 nitrogen and oxygen atoms in total. The minimum atomic E-state index is -1.18. The lowest BCUT2D eigenvalue weighted by molar-refractivity contribution is -0.139. The summed E-state index contributed by atoms with van der Waals surface area (Å²) in [7, 11) is 1.62. The van der Waals surface area contributed by atoms with Gasteiger partial charge in [0.2, 0.25) is 5.91 Å². The first-order valence-electron chi connectivity index (χ1n) is 6.33. The number of hydrogen-bond donors (Lipinski definition) is 3. The van der Waals surface area contributed by atoms with E-state index in [1.54, 1.807) is 18.8 Å². The van der Waals surface area contributed by atoms with E-state index in [4.69, 9.17) is 10.8 Å². The Bertz CT molecular complexity index is 352. The molecule has 0 saturated heterocycles. The number of nitrogens with two attached hydrogens (primary N) is 1. The fourth-order valence-corrected chi connectivity index (χ4v) is 2.05. The van der Waals surface area contributed by atoms with Gasteiger partial charge < -0.3 is 21.1 Å². The SMILES string of the molecule is CSCCC(C)N(C)C(=O)N[C@@H](CCC(N)=O)C(=O)O. The summed E-state index contributed by atoms with van der Waals surface area (Å²) in [6.07, 6.45) is 2.72. The van der Waals surface area contributed by atoms with Gasteiger partial charge in [-0.3, -0.25) is 4.79 Å². The van der Waals surface area contributed by atoms with Gasteiger partial charge in [-0.2, -0.15) is 11.8 Å². The topological polar surface area (TPSA) is 113 Å². The summed E-state index contributed by atoms with van der Waals surface area (Å²) in [6.45, 7) is 1.90. The molecule has 0 heterocycles. The van der Waals surface area contributed by atoms with E-state index in [0.29, 0.717) is 0 Å². The number of carboxylic acid groups (broad SMARTS) is 1. The van der Waals surface area contributed by atoms with Gasteiger partial charge in [0.15, 0.2) is 0 Å². The Morgan fingerprint density at radius 3 is 2.40 bits per heavy atom. The van der Waals surface area contributed by atoms with E-state index in [-0.39, 0.29) is 18.9 Å². The van der Waals surface area contributed by atoms with Crippen molar-refractivity contribution in [3.05, 3.63) is 0 Å². The Balaban J connectivity index is 4.43. The van der Waals surface area contributed by atoms with Crippen LogP contribution in [0.25, 0.3) is 0 Å². The van der Waals surface area contributed by atoms with Crippen molar-refractivity contribution in [1.29, 1.82) is 0 Å². The third-order valence-corrected chi connectivity index (χ3v) is 3.64. The Labute approximate surface area is 123 Å². The van der Waals surface area contributed by atoms with E-state index in [1.165, 1.54) is 4.90 Å². The number of carbonyl (C=O) groups is 3. The van der Waals surface area contributed by atoms with E-state index >= 15 is 0 Å². The first kappa shape index (κ1) is 18.6. The Hall–Kier alpha value is -1.44. The number of carbonyl (C=O) groups excluding carboxylic acids is 2. The second-order valence-corrected chi connectivity index (χ2v) is 5.57. The summed E-state index contributed by atoms with van der Waals surface area (Å²) < 4.78 is 0. The van der Waals surface area contributed by atoms with Crippen LogP contribution >= 0.6 is 11.8 Å². The molecule has 0 bridgehead atoms. The molecule has 8 heteroatoms. The van der Waals surface area contributed by atoms with E-state index in [9.17, 15) is 14.4 Å². The third kappa shape index (κ3) is 7.22. The molecule has 0 fully saturated rings. The number of hydrogen-bond acceptors (Lipinski definition) is 4. The molecule has 0 aromatic heterocycles. The molecule has 0 aromatic carbocycles. The first-order chi connectivity index (χ1) is 9.29. The van der Waals surface area contributed by atoms with Gasteiger partial charge in [-0.25, -0.2) is 9.59 Å². The highest BCUT2D eigenvalue weighted by Crippen LogP contribution is 2.07. The lowest BCUT2D eigenvalue weighted by Crippen LogP contribution is -2.49. The fraction of sp³-hybridized carbons (Fsp3) is 0.750. The highest BCUT2D eigenvalue weighted by Gasteiger charge is 2.23. The number of nitrogens with one attached hydrogen (secondary N) is 1. The summed E-state index contributed by atoms with van der Waals surface area (Å²) in [6, 6.07) is -1.56. The van der Waals surface area contributed by atoms with Crippen molar-refractivity contribution in [3.63, 3.8) is 0 Å². The number of rotatable bonds is 9. The average molecular weight is 305 g/mol. The molecule has 0 aliphatic heterocycles. The van der Waals surface area contributed by atoms with E-state index in [2.05, 4.69) is 5.32 Å². The predicted octanol–water partition coefficient (Wildman–Crippen LogP) is 0.488. The van der Waals surface area contributed by atoms with Crippen LogP contribution in [0.15, 0.2) is 0 Å². The van der Waals surface area contributed by atoms with Gasteiger partial charge in [-0.15, -0.1) is 0 Å². The molecular formula is C12H23N3O4S. The lowest BCUT2D eigenvalue weighted by atomic mass is 10.1. The average Bonchev–Trinajstić information content (AvgIpc) is 2.38. The van der Waals surface area contributed by atoms with Crippen LogP contribution in [-0.4, -0.2) is 59.1 Å². The molecule has 0 rings (SSSR count). The van der Waals surface area contributed by atoms with Crippen LogP contribution in [0, 0.1) is 0 Å². The first-order valence-corrected chi connectivity index (χ1v) is 7.72. The standard InChI is InChI=1S/C12H23N3O4S/c1-8(6-7-20-3)15(2)12(19)14-9(11(17)18)4-5-10(13)16/h8-9H,4-7H2,1-3H3,(H2,13,16)(H,14,19)(H,17,18)/t8?,9-/m0/s1. The number of urea groups is 1. The fourth-order valence-electron chi connectivity index (χ4n) is 1.48. The quantitative estimate of drug-likeness (QED) is 0.574. The monoisotopic (exact) mass is 305 g/mol. The van der Waals surface area contributed by atoms with Gasteiger partial charge in [0.25, 0.3) is 0 Å². The maximum atomic E-state index is 11.9. The minimum Gasteiger partial charge on any atom is -0.480 e. The maximum Gasteiger partial charge on any atom is 0.326 e. The van der Waals surface area contributed by atoms with Crippen LogP contribution in [0.1, 0.15) is 26.2 Å².